The van der Waals surface area contributed by atoms with E-state index in [0.717, 1.165) is 29.9 Å². The molecule has 0 atom stereocenters. The minimum absolute atomic E-state index is 0.216. The maximum Gasteiger partial charge on any atom is 0.252 e. The highest BCUT2D eigenvalue weighted by molar-refractivity contribution is 5.65. The molecule has 1 aliphatic rings. The van der Waals surface area contributed by atoms with E-state index in [0.29, 0.717) is 11.4 Å². The van der Waals surface area contributed by atoms with Gasteiger partial charge in [0.2, 0.25) is 0 Å². The van der Waals surface area contributed by atoms with Crippen molar-refractivity contribution in [3.63, 3.8) is 0 Å². The number of likely N-dealkylation sites (tertiary alicyclic amines) is 1. The van der Waals surface area contributed by atoms with Crippen LogP contribution >= 0.6 is 0 Å². The molecule has 4 nitrogen and oxygen atoms in total. The van der Waals surface area contributed by atoms with E-state index in [-0.39, 0.29) is 11.2 Å². The largest absolute Gasteiger partial charge is 0.362 e. The summed E-state index contributed by atoms with van der Waals surface area (Å²) >= 11 is 0. The fraction of sp³-hybridized carbons (Fsp3) is 0.333. The van der Waals surface area contributed by atoms with Crippen LogP contribution in [0.5, 0.6) is 0 Å². The average molecular weight is 391 g/mol. The zero-order valence-electron chi connectivity index (χ0n) is 16.9. The van der Waals surface area contributed by atoms with E-state index in [1.54, 1.807) is 12.1 Å². The van der Waals surface area contributed by atoms with Gasteiger partial charge in [0, 0.05) is 30.1 Å². The fourth-order valence-corrected chi connectivity index (χ4v) is 3.70. The van der Waals surface area contributed by atoms with Crippen LogP contribution in [0, 0.1) is 5.82 Å². The van der Waals surface area contributed by atoms with Crippen molar-refractivity contribution >= 4 is 12.2 Å². The average Bonchev–Trinajstić information content (AvgIpc) is 3.24. The summed E-state index contributed by atoms with van der Waals surface area (Å²) in [7, 11) is 0. The molecule has 1 aromatic heterocycles. The Morgan fingerprint density at radius 3 is 2.48 bits per heavy atom. The van der Waals surface area contributed by atoms with Gasteiger partial charge in [-0.25, -0.2) is 9.38 Å². The maximum absolute atomic E-state index is 14.0. The smallest absolute Gasteiger partial charge is 0.252 e. The van der Waals surface area contributed by atoms with Crippen LogP contribution in [0.2, 0.25) is 0 Å². The lowest BCUT2D eigenvalue weighted by Crippen LogP contribution is -2.27. The third-order valence-electron chi connectivity index (χ3n) is 5.67. The predicted molar refractivity (Wildman–Crippen MR) is 114 cm³/mol. The van der Waals surface area contributed by atoms with Crippen LogP contribution in [0.15, 0.2) is 64.1 Å². The van der Waals surface area contributed by atoms with Gasteiger partial charge >= 0.3 is 0 Å². The Balaban J connectivity index is 1.51. The number of aromatic nitrogens is 1. The Morgan fingerprint density at radius 2 is 1.76 bits per heavy atom. The fourth-order valence-electron chi connectivity index (χ4n) is 3.70. The van der Waals surface area contributed by atoms with Gasteiger partial charge in [0.25, 0.3) is 5.88 Å². The van der Waals surface area contributed by atoms with E-state index < -0.39 is 0 Å². The van der Waals surface area contributed by atoms with E-state index in [4.69, 9.17) is 4.52 Å². The molecule has 0 unspecified atom stereocenters. The van der Waals surface area contributed by atoms with Crippen molar-refractivity contribution in [1.29, 1.82) is 0 Å². The third kappa shape index (κ3) is 4.24. The van der Waals surface area contributed by atoms with Gasteiger partial charge in [-0.05, 0) is 36.5 Å². The van der Waals surface area contributed by atoms with Crippen LogP contribution in [0.25, 0.3) is 11.1 Å². The summed E-state index contributed by atoms with van der Waals surface area (Å²) in [5.74, 6) is 0.300. The minimum Gasteiger partial charge on any atom is -0.362 e. The van der Waals surface area contributed by atoms with Crippen molar-refractivity contribution in [3.05, 3.63) is 71.7 Å². The molecule has 3 aromatic rings. The van der Waals surface area contributed by atoms with Crippen LogP contribution in [0.4, 0.5) is 10.3 Å². The number of rotatable bonds is 5. The van der Waals surface area contributed by atoms with E-state index in [1.165, 1.54) is 25.3 Å². The second-order valence-electron chi connectivity index (χ2n) is 8.07. The van der Waals surface area contributed by atoms with Crippen LogP contribution < -0.4 is 0 Å². The van der Waals surface area contributed by atoms with Crippen molar-refractivity contribution in [3.8, 4) is 11.1 Å². The molecule has 29 heavy (non-hydrogen) atoms. The second-order valence-corrected chi connectivity index (χ2v) is 8.07. The Labute approximate surface area is 171 Å². The van der Waals surface area contributed by atoms with E-state index in [2.05, 4.69) is 28.9 Å². The first-order valence-electron chi connectivity index (χ1n) is 10.1. The van der Waals surface area contributed by atoms with Gasteiger partial charge in [-0.1, -0.05) is 61.5 Å². The first-order valence-corrected chi connectivity index (χ1v) is 10.1. The zero-order chi connectivity index (χ0) is 20.3. The van der Waals surface area contributed by atoms with Crippen molar-refractivity contribution in [1.82, 2.24) is 10.1 Å². The lowest BCUT2D eigenvalue weighted by Gasteiger charge is -2.23. The molecule has 0 radical (unpaired) electrons. The van der Waals surface area contributed by atoms with Crippen molar-refractivity contribution in [2.75, 3.05) is 13.1 Å². The molecule has 0 N–H and O–H groups in total. The molecule has 150 valence electrons. The predicted octanol–water partition coefficient (Wildman–Crippen LogP) is 5.95. The summed E-state index contributed by atoms with van der Waals surface area (Å²) in [5.41, 5.74) is 3.01. The maximum atomic E-state index is 14.0. The summed E-state index contributed by atoms with van der Waals surface area (Å²) in [6, 6.07) is 16.7. The number of benzene rings is 2. The quantitative estimate of drug-likeness (QED) is 0.398. The molecule has 0 aliphatic carbocycles. The molecule has 2 aromatic carbocycles. The molecule has 0 saturated carbocycles. The van der Waals surface area contributed by atoms with Crippen molar-refractivity contribution in [2.24, 2.45) is 4.99 Å². The normalized spacial score (nSPS) is 15.2. The van der Waals surface area contributed by atoms with Gasteiger partial charge in [0.15, 0.2) is 0 Å². The van der Waals surface area contributed by atoms with Crippen molar-refractivity contribution in [2.45, 2.75) is 38.5 Å². The number of hydrogen-bond donors (Lipinski definition) is 0. The number of hydrogen-bond acceptors (Lipinski definition) is 3. The monoisotopic (exact) mass is 391 g/mol. The molecular formula is C24H26FN3O. The van der Waals surface area contributed by atoms with E-state index in [1.807, 2.05) is 42.7 Å². The summed E-state index contributed by atoms with van der Waals surface area (Å²) in [5, 5.41) is 4.26. The third-order valence-corrected chi connectivity index (χ3v) is 5.67. The van der Waals surface area contributed by atoms with Gasteiger partial charge in [-0.15, -0.1) is 0 Å². The Morgan fingerprint density at radius 1 is 1.03 bits per heavy atom. The first kappa shape index (κ1) is 19.4. The highest BCUT2D eigenvalue weighted by Crippen LogP contribution is 2.34. The second kappa shape index (κ2) is 8.19. The van der Waals surface area contributed by atoms with Crippen LogP contribution in [0.1, 0.15) is 44.4 Å². The Kier molecular flexibility index (Phi) is 5.47. The van der Waals surface area contributed by atoms with Crippen LogP contribution in [-0.4, -0.2) is 29.5 Å². The van der Waals surface area contributed by atoms with E-state index >= 15 is 0 Å². The molecule has 0 spiro atoms. The van der Waals surface area contributed by atoms with Gasteiger partial charge in [-0.2, -0.15) is 0 Å². The summed E-state index contributed by atoms with van der Waals surface area (Å²) < 4.78 is 19.5. The van der Waals surface area contributed by atoms with Crippen LogP contribution in [0.3, 0.4) is 0 Å². The molecule has 4 rings (SSSR count). The van der Waals surface area contributed by atoms with Gasteiger partial charge in [-0.3, -0.25) is 0 Å². The van der Waals surface area contributed by atoms with E-state index in [9.17, 15) is 4.39 Å². The highest BCUT2D eigenvalue weighted by atomic mass is 19.1. The number of piperidine rings is 1. The van der Waals surface area contributed by atoms with Crippen molar-refractivity contribution < 1.29 is 8.91 Å². The lowest BCUT2D eigenvalue weighted by atomic mass is 9.81. The van der Waals surface area contributed by atoms with Gasteiger partial charge in [0.05, 0.1) is 12.0 Å². The highest BCUT2D eigenvalue weighted by Gasteiger charge is 2.27. The molecular weight excluding hydrogens is 365 g/mol. The summed E-state index contributed by atoms with van der Waals surface area (Å²) in [6.45, 7) is 6.29. The van der Waals surface area contributed by atoms with Gasteiger partial charge in [0.1, 0.15) is 5.82 Å². The molecule has 0 amide bonds. The molecule has 1 saturated heterocycles. The van der Waals surface area contributed by atoms with Gasteiger partial charge < -0.3 is 9.42 Å². The Bertz CT molecular complexity index is 985. The summed E-state index contributed by atoms with van der Waals surface area (Å²) in [6.07, 6.45) is 5.58. The SMILES string of the molecule is CC(C)(c1ccc(-c2ccccc2F)cc1)c1cc(N=CN2CCCCC2)on1. The Hall–Kier alpha value is -2.95. The topological polar surface area (TPSA) is 41.6 Å². The zero-order valence-corrected chi connectivity index (χ0v) is 16.9. The minimum atomic E-state index is -0.351. The molecule has 1 fully saturated rings. The number of aliphatic imine (C=N–C) groups is 1. The number of halogens is 1. The standard InChI is InChI=1S/C24H26FN3O/c1-24(2,19-12-10-18(11-13-19)20-8-4-5-9-21(20)25)22-16-23(29-27-22)26-17-28-14-6-3-7-15-28/h4-5,8-13,16-17H,3,6-7,14-15H2,1-2H3. The summed E-state index contributed by atoms with van der Waals surface area (Å²) in [4.78, 5) is 6.67. The molecule has 1 aliphatic heterocycles. The first-order chi connectivity index (χ1) is 14.0. The molecule has 0 bridgehead atoms. The van der Waals surface area contributed by atoms with Crippen LogP contribution in [-0.2, 0) is 5.41 Å². The number of nitrogens with zero attached hydrogens (tertiary/aromatic N) is 3. The molecule has 5 heteroatoms. The lowest BCUT2D eigenvalue weighted by molar-refractivity contribution is 0.349. The molecule has 2 heterocycles.